The molecule has 0 fully saturated rings. The summed E-state index contributed by atoms with van der Waals surface area (Å²) in [5.74, 6) is -0.0263. The monoisotopic (exact) mass is 264 g/mol. The van der Waals surface area contributed by atoms with Crippen molar-refractivity contribution in [2.75, 3.05) is 11.4 Å². The number of hydrogen-bond acceptors (Lipinski definition) is 2. The number of benzene rings is 2. The molecule has 0 saturated carbocycles. The van der Waals surface area contributed by atoms with Crippen molar-refractivity contribution in [2.24, 2.45) is 0 Å². The van der Waals surface area contributed by atoms with Crippen molar-refractivity contribution < 1.29 is 4.79 Å². The number of nitriles is 1. The highest BCUT2D eigenvalue weighted by atomic mass is 16.2. The summed E-state index contributed by atoms with van der Waals surface area (Å²) in [6.45, 7) is 0.0810. The molecule has 0 aliphatic rings. The van der Waals surface area contributed by atoms with Crippen LogP contribution in [-0.4, -0.2) is 12.5 Å². The lowest BCUT2D eigenvalue weighted by Crippen LogP contribution is -2.31. The maximum absolute atomic E-state index is 12.3. The predicted molar refractivity (Wildman–Crippen MR) is 79.2 cm³/mol. The highest BCUT2D eigenvalue weighted by Crippen LogP contribution is 2.15. The van der Waals surface area contributed by atoms with Gasteiger partial charge in [-0.1, -0.05) is 48.5 Å². The maximum Gasteiger partial charge on any atom is 0.228 e. The normalized spacial score (nSPS) is 9.75. The Balaban J connectivity index is 2.03. The van der Waals surface area contributed by atoms with Gasteiger partial charge >= 0.3 is 0 Å². The molecule has 2 rings (SSSR count). The summed E-state index contributed by atoms with van der Waals surface area (Å²) in [4.78, 5) is 13.8. The predicted octanol–water partition coefficient (Wildman–Crippen LogP) is 3.18. The van der Waals surface area contributed by atoms with Crippen LogP contribution in [0.3, 0.4) is 0 Å². The summed E-state index contributed by atoms with van der Waals surface area (Å²) >= 11 is 0. The Hall–Kier alpha value is -2.60. The van der Waals surface area contributed by atoms with Gasteiger partial charge in [0.15, 0.2) is 0 Å². The average Bonchev–Trinajstić information content (AvgIpc) is 2.52. The van der Waals surface area contributed by atoms with Crippen molar-refractivity contribution in [1.82, 2.24) is 0 Å². The third-order valence-corrected chi connectivity index (χ3v) is 3.07. The number of hydrogen-bond donors (Lipinski definition) is 0. The molecule has 0 aliphatic heterocycles. The van der Waals surface area contributed by atoms with Crippen molar-refractivity contribution in [2.45, 2.75) is 12.8 Å². The van der Waals surface area contributed by atoms with E-state index in [4.69, 9.17) is 5.26 Å². The number of carbonyl (C=O) groups is 1. The van der Waals surface area contributed by atoms with Crippen LogP contribution in [0.1, 0.15) is 12.0 Å². The Bertz CT molecular complexity index is 587. The smallest absolute Gasteiger partial charge is 0.228 e. The van der Waals surface area contributed by atoms with E-state index in [0.717, 1.165) is 11.3 Å². The zero-order chi connectivity index (χ0) is 14.2. The van der Waals surface area contributed by atoms with Gasteiger partial charge in [-0.25, -0.2) is 0 Å². The summed E-state index contributed by atoms with van der Waals surface area (Å²) in [6.07, 6.45) is 1.09. The van der Waals surface area contributed by atoms with Gasteiger partial charge in [0.2, 0.25) is 5.91 Å². The summed E-state index contributed by atoms with van der Waals surface area (Å²) in [6, 6.07) is 21.3. The van der Waals surface area contributed by atoms with Gasteiger partial charge in [0.05, 0.1) is 6.07 Å². The van der Waals surface area contributed by atoms with Crippen LogP contribution >= 0.6 is 0 Å². The SMILES string of the molecule is N#CCN(C(=O)CCc1ccccc1)c1ccccc1. The van der Waals surface area contributed by atoms with Crippen molar-refractivity contribution in [3.63, 3.8) is 0 Å². The number of amides is 1. The van der Waals surface area contributed by atoms with E-state index in [-0.39, 0.29) is 12.5 Å². The van der Waals surface area contributed by atoms with Crippen LogP contribution < -0.4 is 4.90 Å². The van der Waals surface area contributed by atoms with Gasteiger partial charge in [0, 0.05) is 12.1 Å². The molecule has 0 heterocycles. The van der Waals surface area contributed by atoms with Gasteiger partial charge in [0.1, 0.15) is 6.54 Å². The fraction of sp³-hybridized carbons (Fsp3) is 0.176. The number of anilines is 1. The van der Waals surface area contributed by atoms with Gasteiger partial charge in [-0.3, -0.25) is 9.69 Å². The minimum Gasteiger partial charge on any atom is -0.299 e. The second kappa shape index (κ2) is 7.10. The molecule has 3 nitrogen and oxygen atoms in total. The van der Waals surface area contributed by atoms with E-state index in [9.17, 15) is 4.79 Å². The van der Waals surface area contributed by atoms with Gasteiger partial charge < -0.3 is 0 Å². The lowest BCUT2D eigenvalue weighted by molar-refractivity contribution is -0.118. The van der Waals surface area contributed by atoms with Gasteiger partial charge in [-0.15, -0.1) is 0 Å². The van der Waals surface area contributed by atoms with E-state index < -0.39 is 0 Å². The van der Waals surface area contributed by atoms with Crippen LogP contribution in [-0.2, 0) is 11.2 Å². The van der Waals surface area contributed by atoms with E-state index in [2.05, 4.69) is 6.07 Å². The highest BCUT2D eigenvalue weighted by molar-refractivity contribution is 5.93. The van der Waals surface area contributed by atoms with Gasteiger partial charge in [-0.2, -0.15) is 5.26 Å². The zero-order valence-corrected chi connectivity index (χ0v) is 11.2. The Kier molecular flexibility index (Phi) is 4.91. The first-order valence-electron chi connectivity index (χ1n) is 6.57. The van der Waals surface area contributed by atoms with E-state index in [1.807, 2.05) is 60.7 Å². The minimum atomic E-state index is -0.0263. The fourth-order valence-electron chi connectivity index (χ4n) is 2.03. The number of rotatable bonds is 5. The first-order chi connectivity index (χ1) is 9.81. The molecule has 2 aromatic carbocycles. The molecule has 100 valence electrons. The molecular weight excluding hydrogens is 248 g/mol. The Morgan fingerprint density at radius 2 is 1.60 bits per heavy atom. The van der Waals surface area contributed by atoms with Crippen molar-refractivity contribution in [1.29, 1.82) is 5.26 Å². The molecule has 3 heteroatoms. The van der Waals surface area contributed by atoms with E-state index in [0.29, 0.717) is 12.8 Å². The maximum atomic E-state index is 12.3. The molecule has 0 atom stereocenters. The average molecular weight is 264 g/mol. The molecule has 20 heavy (non-hydrogen) atoms. The number of nitrogens with zero attached hydrogens (tertiary/aromatic N) is 2. The molecule has 0 spiro atoms. The topological polar surface area (TPSA) is 44.1 Å². The number of para-hydroxylation sites is 1. The standard InChI is InChI=1S/C17H16N2O/c18-13-14-19(16-9-5-2-6-10-16)17(20)12-11-15-7-3-1-4-8-15/h1-10H,11-12,14H2. The third-order valence-electron chi connectivity index (χ3n) is 3.07. The lowest BCUT2D eigenvalue weighted by atomic mass is 10.1. The third kappa shape index (κ3) is 3.69. The fourth-order valence-corrected chi connectivity index (χ4v) is 2.03. The minimum absolute atomic E-state index is 0.0263. The first kappa shape index (κ1) is 13.8. The van der Waals surface area contributed by atoms with E-state index in [1.54, 1.807) is 0 Å². The summed E-state index contributed by atoms with van der Waals surface area (Å²) in [7, 11) is 0. The van der Waals surface area contributed by atoms with E-state index >= 15 is 0 Å². The van der Waals surface area contributed by atoms with Crippen LogP contribution in [0.15, 0.2) is 60.7 Å². The molecule has 0 N–H and O–H groups in total. The molecule has 2 aromatic rings. The molecule has 0 radical (unpaired) electrons. The summed E-state index contributed by atoms with van der Waals surface area (Å²) in [5, 5.41) is 8.89. The van der Waals surface area contributed by atoms with Crippen LogP contribution in [0.5, 0.6) is 0 Å². The molecular formula is C17H16N2O. The molecule has 0 aliphatic carbocycles. The molecule has 0 unspecified atom stereocenters. The summed E-state index contributed by atoms with van der Waals surface area (Å²) < 4.78 is 0. The molecule has 0 bridgehead atoms. The zero-order valence-electron chi connectivity index (χ0n) is 11.2. The largest absolute Gasteiger partial charge is 0.299 e. The second-order valence-electron chi connectivity index (χ2n) is 4.46. The van der Waals surface area contributed by atoms with Crippen LogP contribution in [0.25, 0.3) is 0 Å². The number of aryl methyl sites for hydroxylation is 1. The van der Waals surface area contributed by atoms with Crippen LogP contribution in [0, 0.1) is 11.3 Å². The Morgan fingerprint density at radius 3 is 2.20 bits per heavy atom. The second-order valence-corrected chi connectivity index (χ2v) is 4.46. The number of carbonyl (C=O) groups excluding carboxylic acids is 1. The highest BCUT2D eigenvalue weighted by Gasteiger charge is 2.14. The van der Waals surface area contributed by atoms with E-state index in [1.165, 1.54) is 4.90 Å². The van der Waals surface area contributed by atoms with Crippen LogP contribution in [0.4, 0.5) is 5.69 Å². The summed E-state index contributed by atoms with van der Waals surface area (Å²) in [5.41, 5.74) is 1.90. The van der Waals surface area contributed by atoms with Gasteiger partial charge in [0.25, 0.3) is 0 Å². The van der Waals surface area contributed by atoms with Gasteiger partial charge in [-0.05, 0) is 24.1 Å². The molecule has 0 saturated heterocycles. The Morgan fingerprint density at radius 1 is 1.00 bits per heavy atom. The Labute approximate surface area is 119 Å². The molecule has 0 aromatic heterocycles. The lowest BCUT2D eigenvalue weighted by Gasteiger charge is -2.19. The van der Waals surface area contributed by atoms with Crippen molar-refractivity contribution >= 4 is 11.6 Å². The first-order valence-corrected chi connectivity index (χ1v) is 6.57. The quantitative estimate of drug-likeness (QED) is 0.778. The van der Waals surface area contributed by atoms with Crippen LogP contribution in [0.2, 0.25) is 0 Å². The van der Waals surface area contributed by atoms with Crippen molar-refractivity contribution in [3.05, 3.63) is 66.2 Å². The van der Waals surface area contributed by atoms with Crippen molar-refractivity contribution in [3.8, 4) is 6.07 Å². The molecule has 1 amide bonds.